The molecule has 0 unspecified atom stereocenters. The zero-order valence-electron chi connectivity index (χ0n) is 15.9. The molecule has 2 aliphatic heterocycles. The Morgan fingerprint density at radius 1 is 1.14 bits per heavy atom. The highest BCUT2D eigenvalue weighted by Gasteiger charge is 2.47. The van der Waals surface area contributed by atoms with Gasteiger partial charge in [0.1, 0.15) is 17.3 Å². The fraction of sp³-hybridized carbons (Fsp3) is 0.381. The Hall–Kier alpha value is -2.31. The van der Waals surface area contributed by atoms with Crippen LogP contribution in [0.4, 0.5) is 4.39 Å². The number of rotatable bonds is 4. The highest BCUT2D eigenvalue weighted by molar-refractivity contribution is 5.97. The van der Waals surface area contributed by atoms with E-state index in [9.17, 15) is 9.18 Å². The van der Waals surface area contributed by atoms with Gasteiger partial charge in [-0.1, -0.05) is 12.1 Å². The molecule has 2 aromatic rings. The van der Waals surface area contributed by atoms with Crippen molar-refractivity contribution in [1.29, 1.82) is 0 Å². The van der Waals surface area contributed by atoms with Crippen molar-refractivity contribution >= 4 is 18.3 Å². The van der Waals surface area contributed by atoms with Gasteiger partial charge >= 0.3 is 0 Å². The molecular weight excluding hydrogens is 383 g/mol. The zero-order chi connectivity index (χ0) is 19.0. The average Bonchev–Trinajstić information content (AvgIpc) is 3.27. The normalized spacial score (nSPS) is 23.1. The van der Waals surface area contributed by atoms with Gasteiger partial charge in [0, 0.05) is 31.6 Å². The molecule has 150 valence electrons. The van der Waals surface area contributed by atoms with Gasteiger partial charge in [0.25, 0.3) is 5.91 Å². The second kappa shape index (κ2) is 8.37. The minimum absolute atomic E-state index is 0. The first kappa shape index (κ1) is 20.4. The van der Waals surface area contributed by atoms with Crippen molar-refractivity contribution in [2.24, 2.45) is 11.8 Å². The van der Waals surface area contributed by atoms with Crippen LogP contribution in [-0.4, -0.2) is 44.7 Å². The molecule has 1 amide bonds. The van der Waals surface area contributed by atoms with Crippen LogP contribution in [-0.2, 0) is 0 Å². The lowest BCUT2D eigenvalue weighted by Gasteiger charge is -2.29. The van der Waals surface area contributed by atoms with E-state index < -0.39 is 0 Å². The summed E-state index contributed by atoms with van der Waals surface area (Å²) in [5.41, 5.74) is 1.33. The third-order valence-corrected chi connectivity index (χ3v) is 5.65. The Bertz CT molecular complexity index is 863. The van der Waals surface area contributed by atoms with E-state index in [2.05, 4.69) is 5.32 Å². The summed E-state index contributed by atoms with van der Waals surface area (Å²) in [5, 5.41) is 3.40. The molecule has 0 aliphatic carbocycles. The van der Waals surface area contributed by atoms with Crippen LogP contribution >= 0.6 is 12.4 Å². The summed E-state index contributed by atoms with van der Waals surface area (Å²) in [4.78, 5) is 15.3. The van der Waals surface area contributed by atoms with Gasteiger partial charge in [-0.25, -0.2) is 4.39 Å². The summed E-state index contributed by atoms with van der Waals surface area (Å²) < 4.78 is 24.5. The lowest BCUT2D eigenvalue weighted by atomic mass is 9.89. The second-order valence-corrected chi connectivity index (χ2v) is 7.11. The number of benzene rings is 2. The molecule has 1 N–H and O–H groups in total. The van der Waals surface area contributed by atoms with Gasteiger partial charge in [-0.15, -0.1) is 12.4 Å². The Morgan fingerprint density at radius 2 is 1.96 bits per heavy atom. The largest absolute Gasteiger partial charge is 0.497 e. The SMILES string of the molecule is COc1ccc(C(=O)N2C[C@@H]3CNC[C@@H]3[C@H]2c2cccc(F)c2)c(OC)c1.Cl. The molecule has 2 aromatic carbocycles. The summed E-state index contributed by atoms with van der Waals surface area (Å²) in [6.45, 7) is 2.35. The number of fused-ring (bicyclic) bond motifs is 1. The van der Waals surface area contributed by atoms with Crippen LogP contribution in [0.25, 0.3) is 0 Å². The number of likely N-dealkylation sites (tertiary alicyclic amines) is 1. The van der Waals surface area contributed by atoms with E-state index in [0.717, 1.165) is 18.7 Å². The summed E-state index contributed by atoms with van der Waals surface area (Å²) >= 11 is 0. The lowest BCUT2D eigenvalue weighted by Crippen LogP contribution is -2.35. The van der Waals surface area contributed by atoms with Crippen molar-refractivity contribution in [3.8, 4) is 11.5 Å². The fourth-order valence-electron chi connectivity index (χ4n) is 4.38. The monoisotopic (exact) mass is 406 g/mol. The number of methoxy groups -OCH3 is 2. The molecule has 5 nitrogen and oxygen atoms in total. The Morgan fingerprint density at radius 3 is 2.68 bits per heavy atom. The number of amides is 1. The number of nitrogens with zero attached hydrogens (tertiary/aromatic N) is 1. The predicted molar refractivity (Wildman–Crippen MR) is 107 cm³/mol. The predicted octanol–water partition coefficient (Wildman–Crippen LogP) is 3.30. The molecule has 4 rings (SSSR count). The number of halogens is 2. The van der Waals surface area contributed by atoms with Crippen LogP contribution in [0.1, 0.15) is 22.0 Å². The van der Waals surface area contributed by atoms with Gasteiger partial charge in [0.15, 0.2) is 0 Å². The maximum absolute atomic E-state index is 13.9. The van der Waals surface area contributed by atoms with Crippen molar-refractivity contribution < 1.29 is 18.7 Å². The quantitative estimate of drug-likeness (QED) is 0.846. The molecule has 3 atom stereocenters. The van der Waals surface area contributed by atoms with Gasteiger partial charge in [0.2, 0.25) is 0 Å². The Balaban J connectivity index is 0.00000225. The van der Waals surface area contributed by atoms with Crippen LogP contribution in [0.15, 0.2) is 42.5 Å². The highest BCUT2D eigenvalue weighted by atomic mass is 35.5. The van der Waals surface area contributed by atoms with Crippen LogP contribution in [0, 0.1) is 17.7 Å². The van der Waals surface area contributed by atoms with Crippen LogP contribution < -0.4 is 14.8 Å². The number of hydrogen-bond donors (Lipinski definition) is 1. The van der Waals surface area contributed by atoms with E-state index in [1.54, 1.807) is 31.4 Å². The van der Waals surface area contributed by atoms with E-state index in [1.165, 1.54) is 19.2 Å². The van der Waals surface area contributed by atoms with Crippen molar-refractivity contribution in [2.45, 2.75) is 6.04 Å². The summed E-state index contributed by atoms with van der Waals surface area (Å²) in [6.07, 6.45) is 0. The number of hydrogen-bond acceptors (Lipinski definition) is 4. The molecular formula is C21H24ClFN2O3. The highest BCUT2D eigenvalue weighted by Crippen LogP contribution is 2.44. The first-order valence-corrected chi connectivity index (χ1v) is 9.11. The zero-order valence-corrected chi connectivity index (χ0v) is 16.7. The maximum Gasteiger partial charge on any atom is 0.258 e. The molecule has 0 bridgehead atoms. The van der Waals surface area contributed by atoms with E-state index in [-0.39, 0.29) is 36.1 Å². The van der Waals surface area contributed by atoms with Crippen LogP contribution in [0.5, 0.6) is 11.5 Å². The minimum Gasteiger partial charge on any atom is -0.497 e. The van der Waals surface area contributed by atoms with Crippen molar-refractivity contribution in [3.05, 3.63) is 59.4 Å². The Kier molecular flexibility index (Phi) is 6.10. The molecule has 2 fully saturated rings. The molecule has 0 saturated carbocycles. The lowest BCUT2D eigenvalue weighted by molar-refractivity contribution is 0.0710. The molecule has 0 aromatic heterocycles. The van der Waals surface area contributed by atoms with Crippen molar-refractivity contribution in [2.75, 3.05) is 33.9 Å². The molecule has 0 radical (unpaired) electrons. The summed E-state index contributed by atoms with van der Waals surface area (Å²) in [5.74, 6) is 1.38. The van der Waals surface area contributed by atoms with Crippen LogP contribution in [0.3, 0.4) is 0 Å². The van der Waals surface area contributed by atoms with Crippen molar-refractivity contribution in [3.63, 3.8) is 0 Å². The van der Waals surface area contributed by atoms with Gasteiger partial charge in [0.05, 0.1) is 25.8 Å². The average molecular weight is 407 g/mol. The van der Waals surface area contributed by atoms with Gasteiger partial charge in [-0.3, -0.25) is 4.79 Å². The Labute approximate surface area is 170 Å². The third kappa shape index (κ3) is 3.54. The van der Waals surface area contributed by atoms with Gasteiger partial charge in [-0.2, -0.15) is 0 Å². The standard InChI is InChI=1S/C21H23FN2O3.ClH/c1-26-16-6-7-17(19(9-16)27-2)21(25)24-12-14-10-23-11-18(14)20(24)13-4-3-5-15(22)8-13;/h3-9,14,18,20,23H,10-12H2,1-2H3;1H/t14-,18-,20+;/m0./s1. The molecule has 7 heteroatoms. The maximum atomic E-state index is 13.9. The fourth-order valence-corrected chi connectivity index (χ4v) is 4.38. The second-order valence-electron chi connectivity index (χ2n) is 7.11. The summed E-state index contributed by atoms with van der Waals surface area (Å²) in [7, 11) is 3.11. The molecule has 0 spiro atoms. The number of carbonyl (C=O) groups is 1. The number of nitrogens with one attached hydrogen (secondary N) is 1. The van der Waals surface area contributed by atoms with E-state index in [0.29, 0.717) is 29.5 Å². The van der Waals surface area contributed by atoms with Gasteiger partial charge in [-0.05, 0) is 35.7 Å². The first-order chi connectivity index (χ1) is 13.1. The molecule has 2 saturated heterocycles. The minimum atomic E-state index is -0.281. The van der Waals surface area contributed by atoms with E-state index in [4.69, 9.17) is 9.47 Å². The van der Waals surface area contributed by atoms with E-state index >= 15 is 0 Å². The topological polar surface area (TPSA) is 50.8 Å². The third-order valence-electron chi connectivity index (χ3n) is 5.65. The first-order valence-electron chi connectivity index (χ1n) is 9.11. The number of ether oxygens (including phenoxy) is 2. The molecule has 28 heavy (non-hydrogen) atoms. The molecule has 2 aliphatic rings. The number of carbonyl (C=O) groups excluding carboxylic acids is 1. The molecule has 2 heterocycles. The van der Waals surface area contributed by atoms with Crippen molar-refractivity contribution in [1.82, 2.24) is 10.2 Å². The smallest absolute Gasteiger partial charge is 0.258 e. The van der Waals surface area contributed by atoms with Crippen LogP contribution in [0.2, 0.25) is 0 Å². The van der Waals surface area contributed by atoms with Gasteiger partial charge < -0.3 is 19.7 Å². The summed E-state index contributed by atoms with van der Waals surface area (Å²) in [6, 6.07) is 11.6. The van der Waals surface area contributed by atoms with E-state index in [1.807, 2.05) is 11.0 Å².